The van der Waals surface area contributed by atoms with Gasteiger partial charge in [-0.2, -0.15) is 13.2 Å². The van der Waals surface area contributed by atoms with Crippen LogP contribution in [-0.4, -0.2) is 16.3 Å². The Hall–Kier alpha value is -3.43. The van der Waals surface area contributed by atoms with Crippen molar-refractivity contribution in [3.05, 3.63) is 65.6 Å². The third-order valence-electron chi connectivity index (χ3n) is 4.91. The van der Waals surface area contributed by atoms with E-state index in [0.29, 0.717) is 6.54 Å². The SMILES string of the molecule is [O-]/C(=N\c1c[n+](CC2CCCc3ccccc32)no1)Nc1ccnc(C(F)(F)F)c1. The van der Waals surface area contributed by atoms with E-state index in [-0.39, 0.29) is 17.5 Å². The van der Waals surface area contributed by atoms with E-state index in [0.717, 1.165) is 31.5 Å². The van der Waals surface area contributed by atoms with E-state index < -0.39 is 17.9 Å². The highest BCUT2D eigenvalue weighted by molar-refractivity contribution is 5.86. The molecular weight excluding hydrogens is 399 g/mol. The molecule has 0 amide bonds. The molecule has 30 heavy (non-hydrogen) atoms. The van der Waals surface area contributed by atoms with Crippen molar-refractivity contribution >= 4 is 17.6 Å². The number of alkyl halides is 3. The second-order valence-electron chi connectivity index (χ2n) is 7.02. The lowest BCUT2D eigenvalue weighted by Gasteiger charge is -2.22. The van der Waals surface area contributed by atoms with E-state index in [1.54, 1.807) is 4.68 Å². The maximum absolute atomic E-state index is 12.7. The Morgan fingerprint density at radius 1 is 1.30 bits per heavy atom. The average molecular weight is 417 g/mol. The van der Waals surface area contributed by atoms with Gasteiger partial charge in [-0.05, 0) is 47.2 Å². The number of fused-ring (bicyclic) bond motifs is 1. The number of pyridine rings is 1. The van der Waals surface area contributed by atoms with E-state index in [2.05, 4.69) is 32.7 Å². The highest BCUT2D eigenvalue weighted by atomic mass is 19.4. The molecule has 0 saturated carbocycles. The second kappa shape index (κ2) is 8.13. The van der Waals surface area contributed by atoms with Gasteiger partial charge in [0.2, 0.25) is 5.27 Å². The van der Waals surface area contributed by atoms with Crippen LogP contribution in [0.5, 0.6) is 0 Å². The van der Waals surface area contributed by atoms with Crippen LogP contribution in [0.3, 0.4) is 0 Å². The maximum Gasteiger partial charge on any atom is 0.433 e. The Kier molecular flexibility index (Phi) is 5.39. The number of anilines is 1. The van der Waals surface area contributed by atoms with Crippen LogP contribution < -0.4 is 15.1 Å². The number of hydrogen-bond acceptors (Lipinski definition) is 5. The van der Waals surface area contributed by atoms with Crippen LogP contribution in [0.25, 0.3) is 0 Å². The van der Waals surface area contributed by atoms with E-state index in [1.807, 2.05) is 12.1 Å². The van der Waals surface area contributed by atoms with Crippen LogP contribution >= 0.6 is 0 Å². The lowest BCUT2D eigenvalue weighted by molar-refractivity contribution is -0.764. The predicted octanol–water partition coefficient (Wildman–Crippen LogP) is 2.96. The molecule has 1 atom stereocenters. The first-order valence-corrected chi connectivity index (χ1v) is 9.39. The summed E-state index contributed by atoms with van der Waals surface area (Å²) in [6, 6.07) is 9.38. The number of rotatable bonds is 4. The van der Waals surface area contributed by atoms with Gasteiger partial charge in [-0.1, -0.05) is 24.3 Å². The summed E-state index contributed by atoms with van der Waals surface area (Å²) < 4.78 is 44.8. The monoisotopic (exact) mass is 417 g/mol. The largest absolute Gasteiger partial charge is 0.846 e. The number of benzene rings is 1. The summed E-state index contributed by atoms with van der Waals surface area (Å²) >= 11 is 0. The van der Waals surface area contributed by atoms with E-state index in [9.17, 15) is 18.3 Å². The van der Waals surface area contributed by atoms with Crippen molar-refractivity contribution in [2.45, 2.75) is 37.9 Å². The van der Waals surface area contributed by atoms with Crippen LogP contribution in [0.15, 0.2) is 58.3 Å². The first-order valence-electron chi connectivity index (χ1n) is 9.39. The average Bonchev–Trinajstić information content (AvgIpc) is 3.14. The van der Waals surface area contributed by atoms with Gasteiger partial charge in [0.15, 0.2) is 6.54 Å². The summed E-state index contributed by atoms with van der Waals surface area (Å²) in [5, 5.41) is 18.2. The zero-order chi connectivity index (χ0) is 21.1. The first-order chi connectivity index (χ1) is 14.4. The van der Waals surface area contributed by atoms with Gasteiger partial charge in [0.05, 0.1) is 6.02 Å². The minimum absolute atomic E-state index is 0.0401. The zero-order valence-corrected chi connectivity index (χ0v) is 15.8. The molecule has 0 bridgehead atoms. The van der Waals surface area contributed by atoms with Crippen molar-refractivity contribution in [2.24, 2.45) is 4.99 Å². The number of amidine groups is 1. The lowest BCUT2D eigenvalue weighted by Crippen LogP contribution is -2.38. The van der Waals surface area contributed by atoms with E-state index in [4.69, 9.17) is 4.52 Å². The lowest BCUT2D eigenvalue weighted by atomic mass is 9.83. The van der Waals surface area contributed by atoms with Crippen LogP contribution in [-0.2, 0) is 19.1 Å². The molecule has 0 fully saturated rings. The number of nitrogens with zero attached hydrogens (tertiary/aromatic N) is 4. The molecule has 0 aliphatic heterocycles. The molecule has 1 N–H and O–H groups in total. The quantitative estimate of drug-likeness (QED) is 0.401. The van der Waals surface area contributed by atoms with Gasteiger partial charge < -0.3 is 10.4 Å². The topological polar surface area (TPSA) is 90.3 Å². The Labute approximate surface area is 169 Å². The Bertz CT molecular complexity index is 1060. The van der Waals surface area contributed by atoms with Gasteiger partial charge in [-0.15, -0.1) is 0 Å². The highest BCUT2D eigenvalue weighted by Gasteiger charge is 2.32. The van der Waals surface area contributed by atoms with E-state index >= 15 is 0 Å². The second-order valence-corrected chi connectivity index (χ2v) is 7.02. The number of halogens is 3. The van der Waals surface area contributed by atoms with Crippen molar-refractivity contribution in [1.82, 2.24) is 10.3 Å². The normalized spacial score (nSPS) is 16.9. The summed E-state index contributed by atoms with van der Waals surface area (Å²) in [7, 11) is 0. The summed E-state index contributed by atoms with van der Waals surface area (Å²) in [6.45, 7) is 0.580. The molecule has 10 heteroatoms. The van der Waals surface area contributed by atoms with Crippen molar-refractivity contribution in [2.75, 3.05) is 5.32 Å². The standard InChI is InChI=1S/C20H18F3N5O2/c21-20(22,23)17-10-15(8-9-24-17)25-19(29)26-18-12-28(27-30-18)11-14-6-3-5-13-4-1-2-7-16(13)14/h1-2,4,7-10,12,14H,3,5-6,11H2,(H-,24,25,26,27,29). The number of aryl methyl sites for hydroxylation is 1. The van der Waals surface area contributed by atoms with Crippen molar-refractivity contribution < 1.29 is 27.5 Å². The zero-order valence-electron chi connectivity index (χ0n) is 15.8. The number of aliphatic imine (C=N–C) groups is 1. The molecule has 7 nitrogen and oxygen atoms in total. The van der Waals surface area contributed by atoms with Gasteiger partial charge in [0, 0.05) is 17.8 Å². The van der Waals surface area contributed by atoms with Crippen molar-refractivity contribution in [3.8, 4) is 0 Å². The smallest absolute Gasteiger partial charge is 0.433 e. The fourth-order valence-corrected chi connectivity index (χ4v) is 3.59. The van der Waals surface area contributed by atoms with Crippen molar-refractivity contribution in [1.29, 1.82) is 0 Å². The minimum Gasteiger partial charge on any atom is -0.846 e. The van der Waals surface area contributed by atoms with Crippen LogP contribution in [0, 0.1) is 0 Å². The van der Waals surface area contributed by atoms with Gasteiger partial charge in [-0.3, -0.25) is 9.51 Å². The molecule has 0 spiro atoms. The summed E-state index contributed by atoms with van der Waals surface area (Å²) in [5.41, 5.74) is 1.44. The Morgan fingerprint density at radius 2 is 2.13 bits per heavy atom. The van der Waals surface area contributed by atoms with Crippen molar-refractivity contribution in [3.63, 3.8) is 0 Å². The Balaban J connectivity index is 1.44. The predicted molar refractivity (Wildman–Crippen MR) is 98.8 cm³/mol. The maximum atomic E-state index is 12.7. The molecule has 2 heterocycles. The summed E-state index contributed by atoms with van der Waals surface area (Å²) in [5.74, 6) is 0.242. The molecule has 1 aliphatic rings. The molecule has 156 valence electrons. The third kappa shape index (κ3) is 4.58. The fraction of sp³-hybridized carbons (Fsp3) is 0.300. The fourth-order valence-electron chi connectivity index (χ4n) is 3.59. The Morgan fingerprint density at radius 3 is 2.97 bits per heavy atom. The molecular formula is C20H18F3N5O2. The van der Waals surface area contributed by atoms with Gasteiger partial charge in [0.1, 0.15) is 5.69 Å². The summed E-state index contributed by atoms with van der Waals surface area (Å²) in [6.07, 6.45) is 1.01. The number of hydrogen-bond donors (Lipinski definition) is 1. The molecule has 3 aromatic rings. The molecule has 1 unspecified atom stereocenters. The van der Waals surface area contributed by atoms with Crippen LogP contribution in [0.2, 0.25) is 0 Å². The molecule has 1 aromatic carbocycles. The molecule has 2 aromatic heterocycles. The molecule has 1 aliphatic carbocycles. The highest BCUT2D eigenvalue weighted by Crippen LogP contribution is 2.31. The third-order valence-corrected chi connectivity index (χ3v) is 4.91. The van der Waals surface area contributed by atoms with Crippen LogP contribution in [0.4, 0.5) is 24.7 Å². The number of nitrogens with one attached hydrogen (secondary N) is 1. The molecule has 4 rings (SSSR count). The number of aromatic nitrogens is 3. The van der Waals surface area contributed by atoms with Crippen LogP contribution in [0.1, 0.15) is 35.6 Å². The van der Waals surface area contributed by atoms with Gasteiger partial charge in [0.25, 0.3) is 6.20 Å². The van der Waals surface area contributed by atoms with Gasteiger partial charge in [-0.25, -0.2) is 4.99 Å². The minimum atomic E-state index is -4.61. The molecule has 0 saturated heterocycles. The summed E-state index contributed by atoms with van der Waals surface area (Å²) in [4.78, 5) is 6.94. The molecule has 0 radical (unpaired) electrons. The first kappa shape index (κ1) is 19.9. The van der Waals surface area contributed by atoms with Gasteiger partial charge >= 0.3 is 12.1 Å². The van der Waals surface area contributed by atoms with E-state index in [1.165, 1.54) is 23.4 Å².